The van der Waals surface area contributed by atoms with Gasteiger partial charge in [-0.15, -0.1) is 10.2 Å². The van der Waals surface area contributed by atoms with Crippen molar-refractivity contribution in [3.05, 3.63) is 24.3 Å². The highest BCUT2D eigenvalue weighted by Crippen LogP contribution is 2.21. The number of rotatable bonds is 6. The molecule has 0 saturated carbocycles. The lowest BCUT2D eigenvalue weighted by Gasteiger charge is -2.17. The summed E-state index contributed by atoms with van der Waals surface area (Å²) in [5.41, 5.74) is 4.51. The quantitative estimate of drug-likeness (QED) is 0.247. The van der Waals surface area contributed by atoms with E-state index in [4.69, 9.17) is 5.11 Å². The fraction of sp³-hybridized carbons (Fsp3) is 0.286. The van der Waals surface area contributed by atoms with Gasteiger partial charge in [0.2, 0.25) is 0 Å². The predicted octanol–water partition coefficient (Wildman–Crippen LogP) is -1.02. The molecule has 3 unspecified atom stereocenters. The third-order valence-electron chi connectivity index (χ3n) is 3.44. The van der Waals surface area contributed by atoms with E-state index in [-0.39, 0.29) is 5.95 Å². The molecule has 24 heavy (non-hydrogen) atoms. The molecule has 3 rings (SSSR count). The maximum atomic E-state index is 9.59. The number of hydrogen-bond donors (Lipinski definition) is 6. The SMILES string of the molecule is OCC(O)C(O)C(O)C=NNc1nnc2c(n1)[nH]c1ccccc12. The van der Waals surface area contributed by atoms with Gasteiger partial charge in [0.05, 0.1) is 12.8 Å². The van der Waals surface area contributed by atoms with Gasteiger partial charge in [-0.25, -0.2) is 5.43 Å². The average molecular weight is 332 g/mol. The molecule has 0 amide bonds. The fourth-order valence-electron chi connectivity index (χ4n) is 2.16. The van der Waals surface area contributed by atoms with Crippen LogP contribution in [0.3, 0.4) is 0 Å². The second-order valence-electron chi connectivity index (χ2n) is 5.12. The normalized spacial score (nSPS) is 15.8. The molecule has 10 nitrogen and oxygen atoms in total. The Morgan fingerprint density at radius 1 is 1.21 bits per heavy atom. The van der Waals surface area contributed by atoms with Crippen LogP contribution in [0.4, 0.5) is 5.95 Å². The number of fused-ring (bicyclic) bond motifs is 3. The van der Waals surface area contributed by atoms with Gasteiger partial charge in [0.15, 0.2) is 5.65 Å². The largest absolute Gasteiger partial charge is 0.394 e. The Morgan fingerprint density at radius 2 is 2.00 bits per heavy atom. The monoisotopic (exact) mass is 332 g/mol. The molecule has 6 N–H and O–H groups in total. The zero-order valence-corrected chi connectivity index (χ0v) is 12.4. The van der Waals surface area contributed by atoms with Gasteiger partial charge in [0.25, 0.3) is 5.95 Å². The summed E-state index contributed by atoms with van der Waals surface area (Å²) in [7, 11) is 0. The summed E-state index contributed by atoms with van der Waals surface area (Å²) in [5, 5.41) is 49.5. The summed E-state index contributed by atoms with van der Waals surface area (Å²) in [6.07, 6.45) is -3.53. The highest BCUT2D eigenvalue weighted by atomic mass is 16.4. The lowest BCUT2D eigenvalue weighted by Crippen LogP contribution is -2.40. The van der Waals surface area contributed by atoms with Crippen LogP contribution in [0.15, 0.2) is 29.4 Å². The molecule has 126 valence electrons. The Morgan fingerprint density at radius 3 is 2.79 bits per heavy atom. The van der Waals surface area contributed by atoms with Gasteiger partial charge < -0.3 is 25.4 Å². The summed E-state index contributed by atoms with van der Waals surface area (Å²) >= 11 is 0. The molecule has 0 saturated heterocycles. The van der Waals surface area contributed by atoms with Crippen molar-refractivity contribution in [1.29, 1.82) is 0 Å². The first kappa shape index (κ1) is 16.2. The van der Waals surface area contributed by atoms with E-state index in [9.17, 15) is 15.3 Å². The number of aromatic amines is 1. The second-order valence-corrected chi connectivity index (χ2v) is 5.12. The van der Waals surface area contributed by atoms with E-state index in [0.29, 0.717) is 11.2 Å². The van der Waals surface area contributed by atoms with Crippen LogP contribution in [0.25, 0.3) is 22.1 Å². The number of nitrogens with zero attached hydrogens (tertiary/aromatic N) is 4. The summed E-state index contributed by atoms with van der Waals surface area (Å²) in [6, 6.07) is 7.58. The van der Waals surface area contributed by atoms with Gasteiger partial charge in [0.1, 0.15) is 23.8 Å². The Hall–Kier alpha value is -2.66. The third kappa shape index (κ3) is 3.16. The van der Waals surface area contributed by atoms with Crippen molar-refractivity contribution in [2.24, 2.45) is 5.10 Å². The molecule has 3 atom stereocenters. The molecule has 1 aromatic carbocycles. The Bertz CT molecular complexity index is 867. The van der Waals surface area contributed by atoms with Crippen LogP contribution in [-0.2, 0) is 0 Å². The van der Waals surface area contributed by atoms with Crippen LogP contribution in [0.2, 0.25) is 0 Å². The number of aromatic nitrogens is 4. The minimum absolute atomic E-state index is 0.0923. The van der Waals surface area contributed by atoms with Crippen LogP contribution < -0.4 is 5.43 Å². The standard InChI is InChI=1S/C14H16N6O4/c21-6-10(23)12(24)9(22)5-15-19-14-17-13-11(18-20-14)7-3-1-2-4-8(7)16-13/h1-5,9-10,12,21-24H,6H2,(H2,16,17,19,20). The Kier molecular flexibility index (Phi) is 4.62. The molecule has 0 aliphatic carbocycles. The smallest absolute Gasteiger partial charge is 0.265 e. The molecule has 2 heterocycles. The highest BCUT2D eigenvalue weighted by molar-refractivity contribution is 6.03. The van der Waals surface area contributed by atoms with E-state index in [2.05, 4.69) is 30.7 Å². The van der Waals surface area contributed by atoms with Crippen molar-refractivity contribution in [2.75, 3.05) is 12.0 Å². The molecule has 3 aromatic rings. The minimum atomic E-state index is -1.56. The summed E-state index contributed by atoms with van der Waals surface area (Å²) in [6.45, 7) is -0.677. The van der Waals surface area contributed by atoms with Crippen LogP contribution >= 0.6 is 0 Å². The number of anilines is 1. The molecule has 0 radical (unpaired) electrons. The van der Waals surface area contributed by atoms with E-state index in [1.54, 1.807) is 0 Å². The van der Waals surface area contributed by atoms with E-state index >= 15 is 0 Å². The third-order valence-corrected chi connectivity index (χ3v) is 3.44. The minimum Gasteiger partial charge on any atom is -0.394 e. The molecule has 0 spiro atoms. The van der Waals surface area contributed by atoms with E-state index in [0.717, 1.165) is 17.1 Å². The highest BCUT2D eigenvalue weighted by Gasteiger charge is 2.22. The van der Waals surface area contributed by atoms with Gasteiger partial charge in [-0.05, 0) is 6.07 Å². The first-order chi connectivity index (χ1) is 11.6. The van der Waals surface area contributed by atoms with Crippen LogP contribution in [0.5, 0.6) is 0 Å². The van der Waals surface area contributed by atoms with E-state index < -0.39 is 24.9 Å². The van der Waals surface area contributed by atoms with Crippen molar-refractivity contribution in [3.8, 4) is 0 Å². The van der Waals surface area contributed by atoms with Gasteiger partial charge >= 0.3 is 0 Å². The molecule has 0 aliphatic heterocycles. The fourth-order valence-corrected chi connectivity index (χ4v) is 2.16. The molecular weight excluding hydrogens is 316 g/mol. The molecule has 0 bridgehead atoms. The van der Waals surface area contributed by atoms with Crippen LogP contribution in [-0.4, -0.2) is 71.7 Å². The van der Waals surface area contributed by atoms with Crippen molar-refractivity contribution in [2.45, 2.75) is 18.3 Å². The van der Waals surface area contributed by atoms with Gasteiger partial charge in [-0.1, -0.05) is 18.2 Å². The van der Waals surface area contributed by atoms with E-state index in [1.807, 2.05) is 24.3 Å². The van der Waals surface area contributed by atoms with E-state index in [1.165, 1.54) is 0 Å². The van der Waals surface area contributed by atoms with Gasteiger partial charge in [0, 0.05) is 10.9 Å². The number of para-hydroxylation sites is 1. The number of hydrazone groups is 1. The first-order valence-electron chi connectivity index (χ1n) is 7.15. The van der Waals surface area contributed by atoms with Gasteiger partial charge in [-0.3, -0.25) is 0 Å². The number of benzene rings is 1. The van der Waals surface area contributed by atoms with Crippen molar-refractivity contribution < 1.29 is 20.4 Å². The molecule has 2 aromatic heterocycles. The van der Waals surface area contributed by atoms with Crippen molar-refractivity contribution >= 4 is 34.2 Å². The van der Waals surface area contributed by atoms with Crippen molar-refractivity contribution in [1.82, 2.24) is 20.2 Å². The Labute approximate surface area is 135 Å². The van der Waals surface area contributed by atoms with Crippen LogP contribution in [0.1, 0.15) is 0 Å². The van der Waals surface area contributed by atoms with Crippen LogP contribution in [0, 0.1) is 0 Å². The maximum Gasteiger partial charge on any atom is 0.265 e. The predicted molar refractivity (Wildman–Crippen MR) is 86.4 cm³/mol. The molecular formula is C14H16N6O4. The summed E-state index contributed by atoms with van der Waals surface area (Å²) < 4.78 is 0. The molecule has 0 fully saturated rings. The Balaban J connectivity index is 1.74. The zero-order chi connectivity index (χ0) is 17.1. The average Bonchev–Trinajstić information content (AvgIpc) is 2.98. The zero-order valence-electron chi connectivity index (χ0n) is 12.4. The first-order valence-corrected chi connectivity index (χ1v) is 7.15. The summed E-state index contributed by atoms with van der Waals surface area (Å²) in [4.78, 5) is 7.32. The van der Waals surface area contributed by atoms with Gasteiger partial charge in [-0.2, -0.15) is 10.1 Å². The number of hydrogen-bond acceptors (Lipinski definition) is 9. The number of aliphatic hydroxyl groups excluding tert-OH is 4. The lowest BCUT2D eigenvalue weighted by atomic mass is 10.1. The topological polar surface area (TPSA) is 160 Å². The van der Waals surface area contributed by atoms with Crippen molar-refractivity contribution in [3.63, 3.8) is 0 Å². The number of aliphatic hydroxyl groups is 4. The number of nitrogens with one attached hydrogen (secondary N) is 2. The summed E-state index contributed by atoms with van der Waals surface area (Å²) in [5.74, 6) is 0.0923. The maximum absolute atomic E-state index is 9.59. The second kappa shape index (κ2) is 6.84. The molecule has 0 aliphatic rings. The lowest BCUT2D eigenvalue weighted by molar-refractivity contribution is -0.0541. The molecule has 10 heteroatoms. The number of H-pyrrole nitrogens is 1.